The van der Waals surface area contributed by atoms with Crippen LogP contribution in [0.2, 0.25) is 0 Å². The lowest BCUT2D eigenvalue weighted by Gasteiger charge is -2.37. The van der Waals surface area contributed by atoms with Crippen LogP contribution >= 0.6 is 11.3 Å². The van der Waals surface area contributed by atoms with Crippen molar-refractivity contribution in [3.63, 3.8) is 0 Å². The molecule has 6 rings (SSSR count). The highest BCUT2D eigenvalue weighted by Gasteiger charge is 2.37. The molecule has 11 heteroatoms. The molecule has 1 aromatic carbocycles. The number of benzene rings is 1. The topological polar surface area (TPSA) is 91.3 Å². The van der Waals surface area contributed by atoms with Crippen LogP contribution in [0.4, 0.5) is 10.3 Å². The van der Waals surface area contributed by atoms with Crippen molar-refractivity contribution < 1.29 is 19.1 Å². The van der Waals surface area contributed by atoms with Gasteiger partial charge in [-0.1, -0.05) is 17.4 Å². The van der Waals surface area contributed by atoms with Crippen molar-refractivity contribution in [2.45, 2.75) is 38.3 Å². The molecule has 3 saturated heterocycles. The van der Waals surface area contributed by atoms with Gasteiger partial charge < -0.3 is 19.3 Å². The zero-order valence-corrected chi connectivity index (χ0v) is 19.8. The van der Waals surface area contributed by atoms with Gasteiger partial charge >= 0.3 is 0 Å². The van der Waals surface area contributed by atoms with Gasteiger partial charge in [0.1, 0.15) is 6.04 Å². The van der Waals surface area contributed by atoms with Gasteiger partial charge in [0.2, 0.25) is 28.9 Å². The number of fused-ring (bicyclic) bond motifs is 1. The van der Waals surface area contributed by atoms with Crippen molar-refractivity contribution in [2.24, 2.45) is 0 Å². The lowest BCUT2D eigenvalue weighted by molar-refractivity contribution is -0.134. The molecule has 0 unspecified atom stereocenters. The standard InChI is InChI=1S/C23H28N6O4S/c30-20-4-2-8-29(20)23-25-24-22(34-23)28-7-1-3-17(28)21(31)27-11-9-26(10-12-27)14-16-5-6-18-19(13-16)33-15-32-18/h5-6,13,17H,1-4,7-12,14-15H2/t17-/m1/s1. The predicted octanol–water partition coefficient (Wildman–Crippen LogP) is 1.71. The van der Waals surface area contributed by atoms with E-state index >= 15 is 0 Å². The quantitative estimate of drug-likeness (QED) is 0.634. The number of carbonyl (C=O) groups excluding carboxylic acids is 2. The van der Waals surface area contributed by atoms with E-state index in [-0.39, 0.29) is 24.6 Å². The summed E-state index contributed by atoms with van der Waals surface area (Å²) in [5, 5.41) is 9.98. The third kappa shape index (κ3) is 4.07. The van der Waals surface area contributed by atoms with Gasteiger partial charge in [-0.05, 0) is 37.0 Å². The first-order valence-electron chi connectivity index (χ1n) is 12.0. The fourth-order valence-corrected chi connectivity index (χ4v) is 6.14. The van der Waals surface area contributed by atoms with Gasteiger partial charge in [-0.25, -0.2) is 0 Å². The van der Waals surface area contributed by atoms with Crippen LogP contribution in [0.1, 0.15) is 31.2 Å². The number of hydrogen-bond acceptors (Lipinski definition) is 9. The molecular formula is C23H28N6O4S. The summed E-state index contributed by atoms with van der Waals surface area (Å²) in [4.78, 5) is 33.6. The smallest absolute Gasteiger partial charge is 0.245 e. The van der Waals surface area contributed by atoms with E-state index in [1.54, 1.807) is 4.90 Å². The van der Waals surface area contributed by atoms with Crippen LogP contribution in [0, 0.1) is 0 Å². The maximum atomic E-state index is 13.4. The first kappa shape index (κ1) is 21.6. The molecule has 0 aliphatic carbocycles. The Morgan fingerprint density at radius 2 is 1.82 bits per heavy atom. The second kappa shape index (κ2) is 9.03. The van der Waals surface area contributed by atoms with E-state index in [1.807, 2.05) is 17.0 Å². The van der Waals surface area contributed by atoms with Crippen LogP contribution in [0.15, 0.2) is 18.2 Å². The summed E-state index contributed by atoms with van der Waals surface area (Å²) in [7, 11) is 0. The Labute approximate surface area is 202 Å². The van der Waals surface area contributed by atoms with E-state index in [4.69, 9.17) is 9.47 Å². The van der Waals surface area contributed by atoms with Gasteiger partial charge in [-0.15, -0.1) is 10.2 Å². The largest absolute Gasteiger partial charge is 0.454 e. The Hall–Kier alpha value is -2.92. The molecule has 0 radical (unpaired) electrons. The molecule has 4 aliphatic heterocycles. The minimum atomic E-state index is -0.199. The maximum Gasteiger partial charge on any atom is 0.245 e. The van der Waals surface area contributed by atoms with Gasteiger partial charge in [-0.2, -0.15) is 0 Å². The van der Waals surface area contributed by atoms with Gasteiger partial charge in [-0.3, -0.25) is 19.4 Å². The van der Waals surface area contributed by atoms with Crippen molar-refractivity contribution in [1.29, 1.82) is 0 Å². The zero-order chi connectivity index (χ0) is 23.1. The maximum absolute atomic E-state index is 13.4. The highest BCUT2D eigenvalue weighted by molar-refractivity contribution is 7.19. The Kier molecular flexibility index (Phi) is 5.74. The highest BCUT2D eigenvalue weighted by atomic mass is 32.1. The van der Waals surface area contributed by atoms with Gasteiger partial charge in [0.25, 0.3) is 0 Å². The molecule has 0 bridgehead atoms. The van der Waals surface area contributed by atoms with Crippen molar-refractivity contribution in [3.8, 4) is 11.5 Å². The zero-order valence-electron chi connectivity index (χ0n) is 19.0. The van der Waals surface area contributed by atoms with Crippen LogP contribution < -0.4 is 19.3 Å². The van der Waals surface area contributed by atoms with E-state index in [0.717, 1.165) is 75.2 Å². The van der Waals surface area contributed by atoms with E-state index in [1.165, 1.54) is 16.9 Å². The molecule has 3 fully saturated rings. The minimum absolute atomic E-state index is 0.107. The fraction of sp³-hybridized carbons (Fsp3) is 0.565. The predicted molar refractivity (Wildman–Crippen MR) is 126 cm³/mol. The molecule has 34 heavy (non-hydrogen) atoms. The van der Waals surface area contributed by atoms with Gasteiger partial charge in [0, 0.05) is 52.2 Å². The van der Waals surface area contributed by atoms with Crippen LogP contribution in [0.5, 0.6) is 11.5 Å². The fourth-order valence-electron chi connectivity index (χ4n) is 5.17. The van der Waals surface area contributed by atoms with Crippen LogP contribution in [-0.4, -0.2) is 83.9 Å². The lowest BCUT2D eigenvalue weighted by Crippen LogP contribution is -2.53. The van der Waals surface area contributed by atoms with E-state index in [0.29, 0.717) is 18.1 Å². The molecule has 180 valence electrons. The first-order valence-corrected chi connectivity index (χ1v) is 12.8. The summed E-state index contributed by atoms with van der Waals surface area (Å²) in [5.74, 6) is 1.89. The Balaban J connectivity index is 1.06. The number of rotatable bonds is 5. The Morgan fingerprint density at radius 3 is 2.65 bits per heavy atom. The summed E-state index contributed by atoms with van der Waals surface area (Å²) in [5.41, 5.74) is 1.19. The van der Waals surface area contributed by atoms with Gasteiger partial charge in [0.15, 0.2) is 11.5 Å². The van der Waals surface area contributed by atoms with Crippen molar-refractivity contribution in [2.75, 3.05) is 55.9 Å². The average molecular weight is 485 g/mol. The summed E-state index contributed by atoms with van der Waals surface area (Å²) in [6.07, 6.45) is 3.21. The third-order valence-corrected chi connectivity index (χ3v) is 8.00. The molecule has 10 nitrogen and oxygen atoms in total. The SMILES string of the molecule is O=C([C@H]1CCCN1c1nnc(N2CCCC2=O)s1)N1CCN(Cc2ccc3c(c2)OCO3)CC1. The molecular weight excluding hydrogens is 456 g/mol. The minimum Gasteiger partial charge on any atom is -0.454 e. The molecule has 0 saturated carbocycles. The van der Waals surface area contributed by atoms with E-state index < -0.39 is 0 Å². The molecule has 1 aromatic heterocycles. The van der Waals surface area contributed by atoms with Crippen LogP contribution in [0.25, 0.3) is 0 Å². The second-order valence-corrected chi connectivity index (χ2v) is 10.1. The second-order valence-electron chi connectivity index (χ2n) is 9.16. The van der Waals surface area contributed by atoms with Crippen LogP contribution in [0.3, 0.4) is 0 Å². The number of amides is 2. The molecule has 4 aliphatic rings. The monoisotopic (exact) mass is 484 g/mol. The van der Waals surface area contributed by atoms with Crippen molar-refractivity contribution in [1.82, 2.24) is 20.0 Å². The Bertz CT molecular complexity index is 1090. The van der Waals surface area contributed by atoms with Crippen molar-refractivity contribution in [3.05, 3.63) is 23.8 Å². The number of carbonyl (C=O) groups is 2. The number of hydrogen-bond donors (Lipinski definition) is 0. The Morgan fingerprint density at radius 1 is 1.00 bits per heavy atom. The van der Waals surface area contributed by atoms with E-state index in [2.05, 4.69) is 26.1 Å². The van der Waals surface area contributed by atoms with Gasteiger partial charge in [0.05, 0.1) is 0 Å². The van der Waals surface area contributed by atoms with Crippen LogP contribution in [-0.2, 0) is 16.1 Å². The number of ether oxygens (including phenoxy) is 2. The number of aromatic nitrogens is 2. The first-order chi connectivity index (χ1) is 16.7. The molecule has 0 N–H and O–H groups in total. The van der Waals surface area contributed by atoms with Crippen molar-refractivity contribution >= 4 is 33.4 Å². The molecule has 2 aromatic rings. The number of nitrogens with zero attached hydrogens (tertiary/aromatic N) is 6. The molecule has 0 spiro atoms. The highest BCUT2D eigenvalue weighted by Crippen LogP contribution is 2.35. The normalized spacial score (nSPS) is 22.8. The molecule has 1 atom stereocenters. The van der Waals surface area contributed by atoms with E-state index in [9.17, 15) is 9.59 Å². The summed E-state index contributed by atoms with van der Waals surface area (Å²) in [6, 6.07) is 5.89. The third-order valence-electron chi connectivity index (χ3n) is 7.02. The number of piperazine rings is 1. The summed E-state index contributed by atoms with van der Waals surface area (Å²) in [6.45, 7) is 5.73. The summed E-state index contributed by atoms with van der Waals surface area (Å²) >= 11 is 1.42. The average Bonchev–Trinajstić information content (AvgIpc) is 3.65. The molecule has 5 heterocycles. The lowest BCUT2D eigenvalue weighted by atomic mass is 10.1. The molecule has 2 amide bonds. The summed E-state index contributed by atoms with van der Waals surface area (Å²) < 4.78 is 10.9. The number of anilines is 2.